The summed E-state index contributed by atoms with van der Waals surface area (Å²) in [5.74, 6) is -0.985. The van der Waals surface area contributed by atoms with E-state index in [1.54, 1.807) is 31.7 Å². The minimum Gasteiger partial charge on any atom is -0.444 e. The maximum absolute atomic E-state index is 14.1. The highest BCUT2D eigenvalue weighted by Gasteiger charge is 2.38. The van der Waals surface area contributed by atoms with E-state index in [0.29, 0.717) is 29.2 Å². The van der Waals surface area contributed by atoms with Crippen molar-refractivity contribution >= 4 is 35.2 Å². The van der Waals surface area contributed by atoms with Crippen molar-refractivity contribution in [3.63, 3.8) is 0 Å². The van der Waals surface area contributed by atoms with Crippen molar-refractivity contribution < 1.29 is 19.1 Å². The van der Waals surface area contributed by atoms with Gasteiger partial charge in [-0.2, -0.15) is 0 Å². The van der Waals surface area contributed by atoms with Crippen LogP contribution >= 0.6 is 11.6 Å². The van der Waals surface area contributed by atoms with Gasteiger partial charge in [0.05, 0.1) is 10.7 Å². The first-order valence-corrected chi connectivity index (χ1v) is 13.5. The summed E-state index contributed by atoms with van der Waals surface area (Å²) in [7, 11) is 0. The number of nitrogens with zero attached hydrogens (tertiary/aromatic N) is 1. The third-order valence-corrected chi connectivity index (χ3v) is 6.42. The van der Waals surface area contributed by atoms with E-state index in [-0.39, 0.29) is 17.7 Å². The number of rotatable bonds is 9. The quantitative estimate of drug-likeness (QED) is 0.367. The predicted molar refractivity (Wildman–Crippen MR) is 153 cm³/mol. The summed E-state index contributed by atoms with van der Waals surface area (Å²) < 4.78 is 5.42. The molecule has 2 aromatic rings. The number of aryl methyl sites for hydroxylation is 3. The molecule has 0 saturated carbocycles. The van der Waals surface area contributed by atoms with E-state index in [4.69, 9.17) is 16.3 Å². The van der Waals surface area contributed by atoms with Gasteiger partial charge in [0.2, 0.25) is 5.91 Å². The summed E-state index contributed by atoms with van der Waals surface area (Å²) in [4.78, 5) is 42.3. The fourth-order valence-electron chi connectivity index (χ4n) is 4.30. The summed E-state index contributed by atoms with van der Waals surface area (Å²) >= 11 is 6.43. The lowest BCUT2D eigenvalue weighted by atomic mass is 9.95. The molecule has 2 unspecified atom stereocenters. The van der Waals surface area contributed by atoms with Crippen LogP contribution in [0.1, 0.15) is 76.3 Å². The van der Waals surface area contributed by atoms with Crippen LogP contribution in [-0.4, -0.2) is 41.0 Å². The van der Waals surface area contributed by atoms with Crippen molar-refractivity contribution in [1.29, 1.82) is 0 Å². The van der Waals surface area contributed by atoms with E-state index < -0.39 is 23.8 Å². The van der Waals surface area contributed by atoms with Crippen molar-refractivity contribution in [2.45, 2.75) is 86.4 Å². The molecule has 0 fully saturated rings. The molecule has 2 atom stereocenters. The second-order valence-corrected chi connectivity index (χ2v) is 11.5. The van der Waals surface area contributed by atoms with Gasteiger partial charge in [-0.05, 0) is 76.6 Å². The average molecular weight is 544 g/mol. The molecular weight excluding hydrogens is 502 g/mol. The molecule has 0 saturated heterocycles. The molecule has 0 spiro atoms. The molecule has 0 aromatic heterocycles. The van der Waals surface area contributed by atoms with Crippen LogP contribution in [0.3, 0.4) is 0 Å². The molecule has 208 valence electrons. The Morgan fingerprint density at radius 3 is 2.21 bits per heavy atom. The highest BCUT2D eigenvalue weighted by molar-refractivity contribution is 6.34. The summed E-state index contributed by atoms with van der Waals surface area (Å²) in [6, 6.07) is 9.36. The van der Waals surface area contributed by atoms with Crippen LogP contribution in [0.2, 0.25) is 5.02 Å². The molecule has 0 aliphatic heterocycles. The molecule has 8 heteroatoms. The van der Waals surface area contributed by atoms with E-state index in [0.717, 1.165) is 16.7 Å². The monoisotopic (exact) mass is 543 g/mol. The smallest absolute Gasteiger partial charge is 0.408 e. The molecule has 0 heterocycles. The van der Waals surface area contributed by atoms with Crippen LogP contribution in [-0.2, 0) is 14.3 Å². The van der Waals surface area contributed by atoms with Crippen LogP contribution in [0.15, 0.2) is 36.4 Å². The fraction of sp³-hybridized carbons (Fsp3) is 0.500. The lowest BCUT2D eigenvalue weighted by Gasteiger charge is -2.36. The first-order valence-electron chi connectivity index (χ1n) is 13.1. The number of hydrogen-bond acceptors (Lipinski definition) is 4. The minimum absolute atomic E-state index is 0.247. The average Bonchev–Trinajstić information content (AvgIpc) is 2.79. The Hall–Kier alpha value is -3.06. The first-order chi connectivity index (χ1) is 17.7. The van der Waals surface area contributed by atoms with Crippen LogP contribution in [0.4, 0.5) is 10.5 Å². The van der Waals surface area contributed by atoms with Crippen molar-refractivity contribution in [3.05, 3.63) is 63.7 Å². The SMILES string of the molecule is CCCN(C(=O)C(NC(=O)OC(C)(C)C)C(C)C)C(C(=O)Nc1c(C)cccc1Cl)c1ccc(C)cc1C. The molecule has 0 bridgehead atoms. The number of amides is 3. The van der Waals surface area contributed by atoms with Crippen LogP contribution < -0.4 is 10.6 Å². The summed E-state index contributed by atoms with van der Waals surface area (Å²) in [5, 5.41) is 6.13. The number of para-hydroxylation sites is 1. The molecule has 0 aliphatic carbocycles. The Morgan fingerprint density at radius 1 is 1.03 bits per heavy atom. The minimum atomic E-state index is -0.944. The second kappa shape index (κ2) is 13.1. The normalized spacial score (nSPS) is 13.0. The van der Waals surface area contributed by atoms with Crippen LogP contribution in [0.5, 0.6) is 0 Å². The number of carbonyl (C=O) groups is 3. The lowest BCUT2D eigenvalue weighted by molar-refractivity contribution is -0.141. The van der Waals surface area contributed by atoms with E-state index in [1.165, 1.54) is 0 Å². The lowest BCUT2D eigenvalue weighted by Crippen LogP contribution is -2.54. The summed E-state index contributed by atoms with van der Waals surface area (Å²) in [6.07, 6.45) is -0.0665. The number of ether oxygens (including phenoxy) is 1. The van der Waals surface area contributed by atoms with Crippen molar-refractivity contribution in [1.82, 2.24) is 10.2 Å². The standard InChI is InChI=1S/C30H42ClN3O4/c1-10-16-34(28(36)24(18(2)3)33-29(37)38-30(7,8)9)26(22-15-14-19(4)17-21(22)6)27(35)32-25-20(5)12-11-13-23(25)31/h11-15,17-18,24,26H,10,16H2,1-9H3,(H,32,35)(H,33,37). The van der Waals surface area contributed by atoms with Gasteiger partial charge in [0.1, 0.15) is 17.7 Å². The molecular formula is C30H42ClN3O4. The Labute approximate surface area is 232 Å². The predicted octanol–water partition coefficient (Wildman–Crippen LogP) is 6.73. The van der Waals surface area contributed by atoms with Crippen molar-refractivity contribution in [2.24, 2.45) is 5.92 Å². The Kier molecular flexibility index (Phi) is 10.8. The molecule has 38 heavy (non-hydrogen) atoms. The maximum atomic E-state index is 14.1. The van der Waals surface area contributed by atoms with Gasteiger partial charge < -0.3 is 20.3 Å². The third kappa shape index (κ3) is 8.22. The molecule has 7 nitrogen and oxygen atoms in total. The van der Waals surface area contributed by atoms with Gasteiger partial charge in [-0.3, -0.25) is 9.59 Å². The van der Waals surface area contributed by atoms with Gasteiger partial charge >= 0.3 is 6.09 Å². The van der Waals surface area contributed by atoms with Gasteiger partial charge in [-0.1, -0.05) is 68.3 Å². The zero-order chi connectivity index (χ0) is 28.8. The van der Waals surface area contributed by atoms with Gasteiger partial charge in [-0.15, -0.1) is 0 Å². The molecule has 3 amide bonds. The number of anilines is 1. The van der Waals surface area contributed by atoms with Gasteiger partial charge in [0, 0.05) is 6.54 Å². The summed E-state index contributed by atoms with van der Waals surface area (Å²) in [6.45, 7) is 17.0. The molecule has 0 aliphatic rings. The maximum Gasteiger partial charge on any atom is 0.408 e. The van der Waals surface area contributed by atoms with E-state index >= 15 is 0 Å². The van der Waals surface area contributed by atoms with Gasteiger partial charge in [0.15, 0.2) is 0 Å². The van der Waals surface area contributed by atoms with E-state index in [1.807, 2.05) is 71.9 Å². The Balaban J connectivity index is 2.58. The van der Waals surface area contributed by atoms with Gasteiger partial charge in [-0.25, -0.2) is 4.79 Å². The number of halogens is 1. The van der Waals surface area contributed by atoms with E-state index in [9.17, 15) is 14.4 Å². The number of alkyl carbamates (subject to hydrolysis) is 1. The molecule has 2 N–H and O–H groups in total. The zero-order valence-corrected chi connectivity index (χ0v) is 24.8. The zero-order valence-electron chi connectivity index (χ0n) is 24.1. The van der Waals surface area contributed by atoms with Crippen LogP contribution in [0, 0.1) is 26.7 Å². The molecule has 2 aromatic carbocycles. The molecule has 2 rings (SSSR count). The Morgan fingerprint density at radius 2 is 1.68 bits per heavy atom. The highest BCUT2D eigenvalue weighted by atomic mass is 35.5. The topological polar surface area (TPSA) is 87.7 Å². The van der Waals surface area contributed by atoms with Gasteiger partial charge in [0.25, 0.3) is 5.91 Å². The third-order valence-electron chi connectivity index (χ3n) is 6.10. The first kappa shape index (κ1) is 31.2. The van der Waals surface area contributed by atoms with Crippen molar-refractivity contribution in [3.8, 4) is 0 Å². The van der Waals surface area contributed by atoms with Crippen molar-refractivity contribution in [2.75, 3.05) is 11.9 Å². The largest absolute Gasteiger partial charge is 0.444 e. The van der Waals surface area contributed by atoms with Crippen LogP contribution in [0.25, 0.3) is 0 Å². The molecule has 0 radical (unpaired) electrons. The van der Waals surface area contributed by atoms with E-state index in [2.05, 4.69) is 10.6 Å². The number of hydrogen-bond donors (Lipinski definition) is 2. The Bertz CT molecular complexity index is 1140. The summed E-state index contributed by atoms with van der Waals surface area (Å²) in [5.41, 5.74) is 3.24. The number of carbonyl (C=O) groups excluding carboxylic acids is 3. The fourth-order valence-corrected chi connectivity index (χ4v) is 4.57. The highest BCUT2D eigenvalue weighted by Crippen LogP contribution is 2.31. The number of nitrogens with one attached hydrogen (secondary N) is 2. The number of benzene rings is 2. The second-order valence-electron chi connectivity index (χ2n) is 11.1.